The number of nitrogens with zero attached hydrogens (tertiary/aromatic N) is 3. The molecule has 7 atom stereocenters. The van der Waals surface area contributed by atoms with Crippen LogP contribution in [0.2, 0.25) is 0 Å². The number of morpholine rings is 1. The maximum atomic E-state index is 13.8. The van der Waals surface area contributed by atoms with Crippen LogP contribution >= 0.6 is 0 Å². The molecule has 6 fully saturated rings. The molecular weight excluding hydrogens is 508 g/mol. The Hall–Kier alpha value is -1.83. The van der Waals surface area contributed by atoms with E-state index in [1.54, 1.807) is 4.90 Å². The molecular formula is C27H42N4O8. The number of hydrogen-bond acceptors (Lipinski definition) is 9. The summed E-state index contributed by atoms with van der Waals surface area (Å²) in [5, 5.41) is 24.6. The zero-order valence-electron chi connectivity index (χ0n) is 22.5. The van der Waals surface area contributed by atoms with Gasteiger partial charge < -0.3 is 39.5 Å². The number of carbonyl (C=O) groups excluding carboxylic acids is 3. The normalized spacial score (nSPS) is 39.2. The monoisotopic (exact) mass is 550 g/mol. The second-order valence-electron chi connectivity index (χ2n) is 12.2. The molecule has 0 aromatic rings. The van der Waals surface area contributed by atoms with Crippen molar-refractivity contribution in [1.82, 2.24) is 20.0 Å². The van der Waals surface area contributed by atoms with E-state index in [0.717, 1.165) is 6.54 Å². The van der Waals surface area contributed by atoms with Crippen molar-refractivity contribution in [2.75, 3.05) is 59.1 Å². The lowest BCUT2D eigenvalue weighted by Crippen LogP contribution is -2.56. The Morgan fingerprint density at radius 3 is 2.49 bits per heavy atom. The number of carbonyl (C=O) groups is 3. The average molecular weight is 551 g/mol. The molecule has 12 heteroatoms. The predicted octanol–water partition coefficient (Wildman–Crippen LogP) is -1.67. The second-order valence-corrected chi connectivity index (χ2v) is 12.2. The first kappa shape index (κ1) is 27.3. The van der Waals surface area contributed by atoms with E-state index in [1.807, 2.05) is 4.90 Å². The summed E-state index contributed by atoms with van der Waals surface area (Å²) < 4.78 is 17.5. The standard InChI is InChI=1S/C27H42N4O8/c32-23-10-21-24(33)25(34)22(39-21)15-31(26(35)17-3-6-37-7-4-17)14-19-13-29(5-8-38-19)27(36)20-9-18(28-23)12-30(20)11-16-1-2-16/h16-22,24-25,33-34H,1-15H2,(H,28,32)/t18-,19-,20-,21-,22+,24-,25+/m0/s1. The van der Waals surface area contributed by atoms with Crippen LogP contribution < -0.4 is 5.32 Å². The van der Waals surface area contributed by atoms with Gasteiger partial charge in [-0.25, -0.2) is 0 Å². The quantitative estimate of drug-likeness (QED) is 0.376. The zero-order chi connectivity index (χ0) is 27.1. The third-order valence-corrected chi connectivity index (χ3v) is 9.25. The van der Waals surface area contributed by atoms with Gasteiger partial charge in [0.25, 0.3) is 0 Å². The molecule has 218 valence electrons. The molecule has 39 heavy (non-hydrogen) atoms. The van der Waals surface area contributed by atoms with E-state index in [-0.39, 0.29) is 61.3 Å². The SMILES string of the molecule is O=C1C[C@@H]2O[C@H](CN(C(=O)C3CCOCC3)C[C@@H]3CN(CCO3)C(=O)[C@@H]3C[C@@H](CN3CC3CC3)N1)[C@@H](O)[C@H]2O. The number of hydrogen-bond donors (Lipinski definition) is 3. The average Bonchev–Trinajstić information content (AvgIpc) is 3.62. The van der Waals surface area contributed by atoms with Gasteiger partial charge in [-0.1, -0.05) is 0 Å². The summed E-state index contributed by atoms with van der Waals surface area (Å²) in [6.45, 7) is 4.08. The van der Waals surface area contributed by atoms with Gasteiger partial charge in [0.15, 0.2) is 0 Å². The third-order valence-electron chi connectivity index (χ3n) is 9.25. The van der Waals surface area contributed by atoms with E-state index in [2.05, 4.69) is 10.2 Å². The summed E-state index contributed by atoms with van der Waals surface area (Å²) in [7, 11) is 0. The number of ether oxygens (including phenoxy) is 3. The summed E-state index contributed by atoms with van der Waals surface area (Å²) >= 11 is 0. The topological polar surface area (TPSA) is 141 Å². The Labute approximate surface area is 228 Å². The third kappa shape index (κ3) is 6.11. The summed E-state index contributed by atoms with van der Waals surface area (Å²) in [4.78, 5) is 46.2. The van der Waals surface area contributed by atoms with E-state index in [1.165, 1.54) is 12.8 Å². The summed E-state index contributed by atoms with van der Waals surface area (Å²) in [5.74, 6) is 0.121. The van der Waals surface area contributed by atoms with Crippen LogP contribution in [0.15, 0.2) is 0 Å². The van der Waals surface area contributed by atoms with E-state index in [9.17, 15) is 24.6 Å². The smallest absolute Gasteiger partial charge is 0.240 e. The molecule has 0 aromatic carbocycles. The van der Waals surface area contributed by atoms with E-state index in [0.29, 0.717) is 64.6 Å². The van der Waals surface area contributed by atoms with Crippen LogP contribution in [0.3, 0.4) is 0 Å². The minimum atomic E-state index is -1.23. The zero-order valence-corrected chi connectivity index (χ0v) is 22.5. The fraction of sp³-hybridized carbons (Fsp3) is 0.889. The second kappa shape index (κ2) is 11.6. The maximum absolute atomic E-state index is 13.8. The van der Waals surface area contributed by atoms with Crippen molar-refractivity contribution in [3.8, 4) is 0 Å². The van der Waals surface area contributed by atoms with E-state index in [4.69, 9.17) is 14.2 Å². The Balaban J connectivity index is 1.25. The van der Waals surface area contributed by atoms with Gasteiger partial charge in [-0.3, -0.25) is 19.3 Å². The molecule has 0 spiro atoms. The van der Waals surface area contributed by atoms with Gasteiger partial charge >= 0.3 is 0 Å². The fourth-order valence-corrected chi connectivity index (χ4v) is 6.87. The molecule has 0 unspecified atom stereocenters. The van der Waals surface area contributed by atoms with Crippen molar-refractivity contribution >= 4 is 17.7 Å². The van der Waals surface area contributed by atoms with Crippen LogP contribution in [-0.4, -0.2) is 144 Å². The van der Waals surface area contributed by atoms with Crippen molar-refractivity contribution in [3.05, 3.63) is 0 Å². The Morgan fingerprint density at radius 1 is 0.949 bits per heavy atom. The lowest BCUT2D eigenvalue weighted by atomic mass is 9.97. The molecule has 6 rings (SSSR count). The van der Waals surface area contributed by atoms with Gasteiger partial charge in [0, 0.05) is 64.4 Å². The molecule has 5 heterocycles. The number of nitrogens with one attached hydrogen (secondary N) is 1. The minimum Gasteiger partial charge on any atom is -0.388 e. The first-order chi connectivity index (χ1) is 18.9. The van der Waals surface area contributed by atoms with Gasteiger partial charge in [-0.2, -0.15) is 0 Å². The number of rotatable bonds is 3. The van der Waals surface area contributed by atoms with Crippen LogP contribution in [0.4, 0.5) is 0 Å². The van der Waals surface area contributed by atoms with Crippen LogP contribution in [0.1, 0.15) is 38.5 Å². The maximum Gasteiger partial charge on any atom is 0.240 e. The number of likely N-dealkylation sites (tertiary alicyclic amines) is 1. The van der Waals surface area contributed by atoms with Gasteiger partial charge in [-0.05, 0) is 38.0 Å². The molecule has 5 aliphatic heterocycles. The van der Waals surface area contributed by atoms with Crippen molar-refractivity contribution < 1.29 is 38.8 Å². The molecule has 12 nitrogen and oxygen atoms in total. The van der Waals surface area contributed by atoms with Crippen molar-refractivity contribution in [1.29, 1.82) is 0 Å². The van der Waals surface area contributed by atoms with E-state index >= 15 is 0 Å². The highest BCUT2D eigenvalue weighted by molar-refractivity contribution is 5.83. The van der Waals surface area contributed by atoms with Crippen molar-refractivity contribution in [2.24, 2.45) is 11.8 Å². The highest BCUT2D eigenvalue weighted by Crippen LogP contribution is 2.33. The minimum absolute atomic E-state index is 0.0596. The lowest BCUT2D eigenvalue weighted by molar-refractivity contribution is -0.150. The molecule has 6 bridgehead atoms. The Morgan fingerprint density at radius 2 is 1.72 bits per heavy atom. The predicted molar refractivity (Wildman–Crippen MR) is 136 cm³/mol. The Bertz CT molecular complexity index is 927. The number of fused-ring (bicyclic) bond motifs is 6. The lowest BCUT2D eigenvalue weighted by Gasteiger charge is -2.39. The summed E-state index contributed by atoms with van der Waals surface area (Å²) in [6, 6.07) is -0.469. The van der Waals surface area contributed by atoms with Gasteiger partial charge in [0.1, 0.15) is 18.3 Å². The van der Waals surface area contributed by atoms with Gasteiger partial charge in [-0.15, -0.1) is 0 Å². The van der Waals surface area contributed by atoms with Gasteiger partial charge in [0.05, 0.1) is 31.3 Å². The molecule has 1 aliphatic carbocycles. The summed E-state index contributed by atoms with van der Waals surface area (Å²) in [5.41, 5.74) is 0. The van der Waals surface area contributed by atoms with Gasteiger partial charge in [0.2, 0.25) is 17.7 Å². The highest BCUT2D eigenvalue weighted by Gasteiger charge is 2.47. The molecule has 0 radical (unpaired) electrons. The molecule has 1 saturated carbocycles. The fourth-order valence-electron chi connectivity index (χ4n) is 6.87. The van der Waals surface area contributed by atoms with E-state index < -0.39 is 24.4 Å². The van der Waals surface area contributed by atoms with Crippen molar-refractivity contribution in [3.63, 3.8) is 0 Å². The van der Waals surface area contributed by atoms with Crippen LogP contribution in [0.5, 0.6) is 0 Å². The molecule has 0 aromatic heterocycles. The van der Waals surface area contributed by atoms with Crippen LogP contribution in [-0.2, 0) is 28.6 Å². The van der Waals surface area contributed by atoms with Crippen LogP contribution in [0.25, 0.3) is 0 Å². The first-order valence-corrected chi connectivity index (χ1v) is 14.7. The van der Waals surface area contributed by atoms with Crippen molar-refractivity contribution in [2.45, 2.75) is 81.1 Å². The molecule has 3 N–H and O–H groups in total. The molecule has 6 aliphatic rings. The summed E-state index contributed by atoms with van der Waals surface area (Å²) in [6.07, 6.45) is -0.521. The van der Waals surface area contributed by atoms with Crippen LogP contribution in [0, 0.1) is 11.8 Å². The Kier molecular flexibility index (Phi) is 8.12. The number of amides is 3. The number of aliphatic hydroxyl groups is 2. The molecule has 5 saturated heterocycles. The number of aliphatic hydroxyl groups excluding tert-OH is 2. The highest BCUT2D eigenvalue weighted by atomic mass is 16.5. The first-order valence-electron chi connectivity index (χ1n) is 14.7. The largest absolute Gasteiger partial charge is 0.388 e. The molecule has 3 amide bonds.